The lowest BCUT2D eigenvalue weighted by Crippen LogP contribution is -2.19. The Morgan fingerprint density at radius 1 is 1.08 bits per heavy atom. The van der Waals surface area contributed by atoms with Gasteiger partial charge in [-0.2, -0.15) is 0 Å². The van der Waals surface area contributed by atoms with E-state index in [1.165, 1.54) is 0 Å². The Bertz CT molecular complexity index is 805. The first kappa shape index (κ1) is 17.5. The van der Waals surface area contributed by atoms with Crippen molar-refractivity contribution in [1.29, 1.82) is 0 Å². The van der Waals surface area contributed by atoms with Gasteiger partial charge >= 0.3 is 5.63 Å². The van der Waals surface area contributed by atoms with Crippen LogP contribution in [0, 0.1) is 0 Å². The van der Waals surface area contributed by atoms with Gasteiger partial charge in [-0.3, -0.25) is 4.79 Å². The van der Waals surface area contributed by atoms with Crippen LogP contribution < -0.4 is 5.63 Å². The van der Waals surface area contributed by atoms with Crippen molar-refractivity contribution in [3.8, 4) is 5.75 Å². The maximum atomic E-state index is 12.7. The first-order valence-electron chi connectivity index (χ1n) is 9.10. The zero-order valence-electron chi connectivity index (χ0n) is 14.6. The number of ketones is 1. The largest absolute Gasteiger partial charge is 0.506 e. The van der Waals surface area contributed by atoms with E-state index in [1.54, 1.807) is 0 Å². The van der Waals surface area contributed by atoms with E-state index in [4.69, 9.17) is 4.42 Å². The molecule has 0 spiro atoms. The van der Waals surface area contributed by atoms with Crippen molar-refractivity contribution in [2.75, 3.05) is 0 Å². The molecule has 0 saturated carbocycles. The van der Waals surface area contributed by atoms with Gasteiger partial charge in [-0.05, 0) is 24.8 Å². The molecule has 0 bridgehead atoms. The number of aryl methyl sites for hydroxylation is 1. The Labute approximate surface area is 147 Å². The molecule has 1 atom stereocenters. The Kier molecular flexibility index (Phi) is 5.37. The van der Waals surface area contributed by atoms with Crippen molar-refractivity contribution < 1.29 is 14.3 Å². The third-order valence-electron chi connectivity index (χ3n) is 4.92. The fourth-order valence-corrected chi connectivity index (χ4v) is 3.68. The highest BCUT2D eigenvalue weighted by molar-refractivity contribution is 5.99. The third-order valence-corrected chi connectivity index (χ3v) is 4.92. The van der Waals surface area contributed by atoms with E-state index >= 15 is 0 Å². The molecular weight excluding hydrogens is 316 g/mol. The summed E-state index contributed by atoms with van der Waals surface area (Å²) >= 11 is 0. The number of benzene rings is 1. The number of carbonyl (C=O) groups is 1. The standard InChI is InChI=1S/C21H24O4/c1-2-9-15(14-10-5-3-6-11-14)18-20(23)19-16(22)12-7-4-8-13-17(19)25-21(18)24/h3,5-6,10-11,15,23H,2,4,7-9,12-13H2,1H3. The molecule has 1 aliphatic carbocycles. The van der Waals surface area contributed by atoms with Crippen molar-refractivity contribution in [2.24, 2.45) is 0 Å². The normalized spacial score (nSPS) is 16.0. The first-order chi connectivity index (χ1) is 12.1. The number of Topliss-reactive ketones (excluding diaryl/α,β-unsaturated/α-hetero) is 1. The number of rotatable bonds is 4. The maximum absolute atomic E-state index is 12.7. The second kappa shape index (κ2) is 7.68. The van der Waals surface area contributed by atoms with Crippen LogP contribution in [0.15, 0.2) is 39.5 Å². The van der Waals surface area contributed by atoms with Crippen molar-refractivity contribution in [2.45, 2.75) is 57.8 Å². The number of carbonyl (C=O) groups excluding carboxylic acids is 1. The van der Waals surface area contributed by atoms with Gasteiger partial charge in [-0.1, -0.05) is 50.1 Å². The van der Waals surface area contributed by atoms with Gasteiger partial charge in [0.1, 0.15) is 11.5 Å². The van der Waals surface area contributed by atoms with Crippen molar-refractivity contribution in [3.63, 3.8) is 0 Å². The summed E-state index contributed by atoms with van der Waals surface area (Å²) in [5, 5.41) is 10.9. The van der Waals surface area contributed by atoms with E-state index < -0.39 is 5.63 Å². The van der Waals surface area contributed by atoms with E-state index in [9.17, 15) is 14.7 Å². The smallest absolute Gasteiger partial charge is 0.343 e. The Morgan fingerprint density at radius 2 is 1.80 bits per heavy atom. The van der Waals surface area contributed by atoms with Gasteiger partial charge in [0.2, 0.25) is 0 Å². The molecule has 4 nitrogen and oxygen atoms in total. The molecule has 2 aromatic rings. The van der Waals surface area contributed by atoms with E-state index in [2.05, 4.69) is 0 Å². The van der Waals surface area contributed by atoms with Crippen molar-refractivity contribution >= 4 is 5.78 Å². The highest BCUT2D eigenvalue weighted by Gasteiger charge is 2.29. The van der Waals surface area contributed by atoms with Crippen LogP contribution in [-0.2, 0) is 6.42 Å². The Morgan fingerprint density at radius 3 is 2.52 bits per heavy atom. The number of hydrogen-bond acceptors (Lipinski definition) is 4. The SMILES string of the molecule is CCCC(c1ccccc1)c1c(O)c2c(oc1=O)CCCCCC2=O. The lowest BCUT2D eigenvalue weighted by atomic mass is 9.85. The summed E-state index contributed by atoms with van der Waals surface area (Å²) in [6.45, 7) is 2.04. The van der Waals surface area contributed by atoms with E-state index in [0.717, 1.165) is 31.2 Å². The van der Waals surface area contributed by atoms with Gasteiger partial charge in [0.25, 0.3) is 0 Å². The molecule has 0 amide bonds. The van der Waals surface area contributed by atoms with Crippen LogP contribution in [0.5, 0.6) is 5.75 Å². The molecule has 0 radical (unpaired) electrons. The van der Waals surface area contributed by atoms with Crippen LogP contribution in [0.25, 0.3) is 0 Å². The number of aromatic hydroxyl groups is 1. The highest BCUT2D eigenvalue weighted by Crippen LogP contribution is 2.37. The minimum Gasteiger partial charge on any atom is -0.506 e. The second-order valence-electron chi connectivity index (χ2n) is 6.69. The average molecular weight is 340 g/mol. The molecule has 0 saturated heterocycles. The zero-order chi connectivity index (χ0) is 17.8. The summed E-state index contributed by atoms with van der Waals surface area (Å²) in [6, 6.07) is 9.62. The maximum Gasteiger partial charge on any atom is 0.343 e. The molecule has 1 N–H and O–H groups in total. The molecular formula is C21H24O4. The van der Waals surface area contributed by atoms with Gasteiger partial charge in [0, 0.05) is 18.8 Å². The number of fused-ring (bicyclic) bond motifs is 1. The van der Waals surface area contributed by atoms with E-state index in [-0.39, 0.29) is 28.6 Å². The molecule has 25 heavy (non-hydrogen) atoms. The minimum atomic E-state index is -0.521. The molecule has 1 aromatic heterocycles. The van der Waals surface area contributed by atoms with Crippen LogP contribution in [-0.4, -0.2) is 10.9 Å². The van der Waals surface area contributed by atoms with Crippen LogP contribution in [0.2, 0.25) is 0 Å². The number of hydrogen-bond donors (Lipinski definition) is 1. The predicted molar refractivity (Wildman–Crippen MR) is 96.3 cm³/mol. The minimum absolute atomic E-state index is 0.125. The second-order valence-corrected chi connectivity index (χ2v) is 6.69. The highest BCUT2D eigenvalue weighted by atomic mass is 16.4. The van der Waals surface area contributed by atoms with Crippen LogP contribution in [0.4, 0.5) is 0 Å². The van der Waals surface area contributed by atoms with Crippen LogP contribution in [0.3, 0.4) is 0 Å². The van der Waals surface area contributed by atoms with Crippen molar-refractivity contribution in [3.05, 3.63) is 63.2 Å². The van der Waals surface area contributed by atoms with Gasteiger partial charge in [-0.25, -0.2) is 4.79 Å². The molecule has 0 fully saturated rings. The van der Waals surface area contributed by atoms with Gasteiger partial charge < -0.3 is 9.52 Å². The molecule has 1 aromatic carbocycles. The quantitative estimate of drug-likeness (QED) is 0.885. The molecule has 1 heterocycles. The monoisotopic (exact) mass is 340 g/mol. The van der Waals surface area contributed by atoms with Gasteiger partial charge in [0.05, 0.1) is 11.1 Å². The fraction of sp³-hybridized carbons (Fsp3) is 0.429. The zero-order valence-corrected chi connectivity index (χ0v) is 14.6. The van der Waals surface area contributed by atoms with Crippen LogP contribution >= 0.6 is 0 Å². The van der Waals surface area contributed by atoms with Crippen LogP contribution in [0.1, 0.15) is 78.6 Å². The fourth-order valence-electron chi connectivity index (χ4n) is 3.68. The third kappa shape index (κ3) is 3.53. The summed E-state index contributed by atoms with van der Waals surface area (Å²) in [5.41, 5.74) is 0.879. The van der Waals surface area contributed by atoms with E-state index in [0.29, 0.717) is 25.0 Å². The summed E-state index contributed by atoms with van der Waals surface area (Å²) in [4.78, 5) is 25.2. The molecule has 1 unspecified atom stereocenters. The van der Waals surface area contributed by atoms with Crippen molar-refractivity contribution in [1.82, 2.24) is 0 Å². The van der Waals surface area contributed by atoms with E-state index in [1.807, 2.05) is 37.3 Å². The molecule has 4 heteroatoms. The lowest BCUT2D eigenvalue weighted by Gasteiger charge is -2.20. The molecule has 0 aliphatic heterocycles. The average Bonchev–Trinajstić information content (AvgIpc) is 2.59. The summed E-state index contributed by atoms with van der Waals surface area (Å²) < 4.78 is 5.53. The Balaban J connectivity index is 2.18. The van der Waals surface area contributed by atoms with Gasteiger partial charge in [0.15, 0.2) is 5.78 Å². The Hall–Kier alpha value is -2.36. The first-order valence-corrected chi connectivity index (χ1v) is 9.10. The molecule has 132 valence electrons. The summed E-state index contributed by atoms with van der Waals surface area (Å²) in [5.74, 6) is -0.216. The predicted octanol–water partition coefficient (Wildman–Crippen LogP) is 4.58. The summed E-state index contributed by atoms with van der Waals surface area (Å²) in [7, 11) is 0. The molecule has 3 rings (SSSR count). The van der Waals surface area contributed by atoms with Gasteiger partial charge in [-0.15, -0.1) is 0 Å². The molecule has 1 aliphatic rings. The summed E-state index contributed by atoms with van der Waals surface area (Å²) in [6.07, 6.45) is 5.06. The lowest BCUT2D eigenvalue weighted by molar-refractivity contribution is 0.0968. The topological polar surface area (TPSA) is 67.5 Å².